The van der Waals surface area contributed by atoms with Crippen LogP contribution in [0, 0.1) is 0 Å². The van der Waals surface area contributed by atoms with Crippen molar-refractivity contribution in [3.05, 3.63) is 36.4 Å². The van der Waals surface area contributed by atoms with E-state index >= 15 is 0 Å². The zero-order valence-corrected chi connectivity index (χ0v) is 7.95. The van der Waals surface area contributed by atoms with Crippen LogP contribution in [0.3, 0.4) is 0 Å². The van der Waals surface area contributed by atoms with E-state index < -0.39 is 11.1 Å². The molecule has 1 N–H and O–H groups in total. The molecule has 2 aromatic carbocycles. The molecule has 4 heteroatoms. The van der Waals surface area contributed by atoms with Gasteiger partial charge in [0.05, 0.1) is 0 Å². The molecule has 0 aromatic heterocycles. The van der Waals surface area contributed by atoms with Gasteiger partial charge in [0.2, 0.25) is 0 Å². The van der Waals surface area contributed by atoms with Crippen molar-refractivity contribution in [1.29, 1.82) is 0 Å². The van der Waals surface area contributed by atoms with E-state index in [0.717, 1.165) is 5.39 Å². The lowest BCUT2D eigenvalue weighted by molar-refractivity contribution is 0.476. The third kappa shape index (κ3) is 1.62. The molecule has 72 valence electrons. The van der Waals surface area contributed by atoms with E-state index in [0.29, 0.717) is 5.39 Å². The number of benzene rings is 2. The molecule has 0 fully saturated rings. The van der Waals surface area contributed by atoms with E-state index in [4.69, 9.17) is 0 Å². The van der Waals surface area contributed by atoms with Crippen LogP contribution in [0.4, 0.5) is 0 Å². The van der Waals surface area contributed by atoms with Gasteiger partial charge in [-0.3, -0.25) is 4.21 Å². The summed E-state index contributed by atoms with van der Waals surface area (Å²) in [6, 6.07) is 9.60. The summed E-state index contributed by atoms with van der Waals surface area (Å²) in [6.07, 6.45) is 0. The molecule has 0 saturated heterocycles. The molecule has 2 rings (SSSR count). The molecule has 1 unspecified atom stereocenters. The first-order chi connectivity index (χ1) is 6.66. The van der Waals surface area contributed by atoms with E-state index in [1.165, 1.54) is 18.2 Å². The van der Waals surface area contributed by atoms with Gasteiger partial charge >= 0.3 is 0 Å². The van der Waals surface area contributed by atoms with Gasteiger partial charge in [0, 0.05) is 4.90 Å². The minimum Gasteiger partial charge on any atom is -0.768 e. The first kappa shape index (κ1) is 9.18. The van der Waals surface area contributed by atoms with Crippen LogP contribution in [0.15, 0.2) is 41.3 Å². The number of phenolic OH excluding ortho intramolecular Hbond substituents is 1. The molecule has 0 amide bonds. The molecule has 0 bridgehead atoms. The summed E-state index contributed by atoms with van der Waals surface area (Å²) in [5.41, 5.74) is 0. The van der Waals surface area contributed by atoms with E-state index in [9.17, 15) is 13.9 Å². The fourth-order valence-electron chi connectivity index (χ4n) is 1.32. The van der Waals surface area contributed by atoms with Gasteiger partial charge in [0.1, 0.15) is 5.75 Å². The van der Waals surface area contributed by atoms with Gasteiger partial charge in [0.25, 0.3) is 0 Å². The molecule has 1 atom stereocenters. The Kier molecular flexibility index (Phi) is 2.23. The van der Waals surface area contributed by atoms with E-state index in [1.807, 2.05) is 0 Å². The summed E-state index contributed by atoms with van der Waals surface area (Å²) in [5, 5.41) is 10.8. The average Bonchev–Trinajstić information content (AvgIpc) is 2.16. The first-order valence-corrected chi connectivity index (χ1v) is 5.06. The van der Waals surface area contributed by atoms with E-state index in [-0.39, 0.29) is 10.6 Å². The highest BCUT2D eigenvalue weighted by atomic mass is 32.2. The van der Waals surface area contributed by atoms with Gasteiger partial charge in [-0.2, -0.15) is 0 Å². The van der Waals surface area contributed by atoms with Crippen molar-refractivity contribution in [2.24, 2.45) is 0 Å². The Morgan fingerprint density at radius 1 is 1.07 bits per heavy atom. The van der Waals surface area contributed by atoms with Crippen molar-refractivity contribution in [2.45, 2.75) is 4.90 Å². The average molecular weight is 207 g/mol. The lowest BCUT2D eigenvalue weighted by Crippen LogP contribution is -1.87. The van der Waals surface area contributed by atoms with Crippen LogP contribution in [0.5, 0.6) is 5.75 Å². The van der Waals surface area contributed by atoms with Crippen molar-refractivity contribution in [2.75, 3.05) is 0 Å². The first-order valence-electron chi connectivity index (χ1n) is 3.99. The highest BCUT2D eigenvalue weighted by molar-refractivity contribution is 7.79. The summed E-state index contributed by atoms with van der Waals surface area (Å²) < 4.78 is 21.3. The van der Waals surface area contributed by atoms with Crippen LogP contribution in [0.1, 0.15) is 0 Å². The smallest absolute Gasteiger partial charge is 0.116 e. The van der Waals surface area contributed by atoms with Gasteiger partial charge in [-0.15, -0.1) is 0 Å². The van der Waals surface area contributed by atoms with Crippen LogP contribution in [0.2, 0.25) is 0 Å². The lowest BCUT2D eigenvalue weighted by atomic mass is 10.1. The molecule has 2 aromatic rings. The highest BCUT2D eigenvalue weighted by Crippen LogP contribution is 2.21. The maximum atomic E-state index is 10.7. The Labute approximate surface area is 83.3 Å². The summed E-state index contributed by atoms with van der Waals surface area (Å²) >= 11 is -2.22. The Bertz CT molecular complexity index is 508. The van der Waals surface area contributed by atoms with Crippen LogP contribution < -0.4 is 0 Å². The second-order valence-electron chi connectivity index (χ2n) is 2.93. The molecular formula is C10H7O3S-. The zero-order chi connectivity index (χ0) is 10.1. The third-order valence-electron chi connectivity index (χ3n) is 1.99. The highest BCUT2D eigenvalue weighted by Gasteiger charge is 1.97. The van der Waals surface area contributed by atoms with Crippen molar-refractivity contribution in [3.63, 3.8) is 0 Å². The minimum atomic E-state index is -2.22. The summed E-state index contributed by atoms with van der Waals surface area (Å²) in [7, 11) is 0. The number of phenols is 1. The zero-order valence-electron chi connectivity index (χ0n) is 7.14. The van der Waals surface area contributed by atoms with Gasteiger partial charge in [-0.1, -0.05) is 12.1 Å². The molecule has 14 heavy (non-hydrogen) atoms. The minimum absolute atomic E-state index is 0.131. The SMILES string of the molecule is O=S([O-])c1ccc2ccc(O)cc2c1. The molecule has 0 aliphatic rings. The number of rotatable bonds is 1. The molecule has 0 spiro atoms. The normalized spacial score (nSPS) is 12.9. The Morgan fingerprint density at radius 3 is 2.50 bits per heavy atom. The van der Waals surface area contributed by atoms with Crippen molar-refractivity contribution in [1.82, 2.24) is 0 Å². The van der Waals surface area contributed by atoms with E-state index in [2.05, 4.69) is 0 Å². The molecular weight excluding hydrogens is 200 g/mol. The number of hydrogen-bond acceptors (Lipinski definition) is 3. The lowest BCUT2D eigenvalue weighted by Gasteiger charge is -2.06. The Morgan fingerprint density at radius 2 is 1.79 bits per heavy atom. The maximum Gasteiger partial charge on any atom is 0.116 e. The van der Waals surface area contributed by atoms with Crippen LogP contribution in [0.25, 0.3) is 10.8 Å². The van der Waals surface area contributed by atoms with Gasteiger partial charge in [0.15, 0.2) is 0 Å². The largest absolute Gasteiger partial charge is 0.768 e. The Hall–Kier alpha value is -1.39. The van der Waals surface area contributed by atoms with Crippen LogP contribution in [-0.4, -0.2) is 13.9 Å². The van der Waals surface area contributed by atoms with Gasteiger partial charge in [-0.25, -0.2) is 0 Å². The maximum absolute atomic E-state index is 10.7. The topological polar surface area (TPSA) is 60.4 Å². The molecule has 0 aliphatic carbocycles. The molecule has 0 heterocycles. The number of hydrogen-bond donors (Lipinski definition) is 1. The molecule has 0 saturated carbocycles. The van der Waals surface area contributed by atoms with Crippen molar-refractivity contribution >= 4 is 21.9 Å². The fraction of sp³-hybridized carbons (Fsp3) is 0. The number of fused-ring (bicyclic) bond motifs is 1. The summed E-state index contributed by atoms with van der Waals surface area (Å²) in [6.45, 7) is 0. The van der Waals surface area contributed by atoms with Gasteiger partial charge in [-0.05, 0) is 46.1 Å². The second kappa shape index (κ2) is 3.40. The van der Waals surface area contributed by atoms with Crippen LogP contribution in [-0.2, 0) is 11.1 Å². The quantitative estimate of drug-likeness (QED) is 0.725. The monoisotopic (exact) mass is 207 g/mol. The molecule has 0 radical (unpaired) electrons. The molecule has 3 nitrogen and oxygen atoms in total. The predicted molar refractivity (Wildman–Crippen MR) is 52.8 cm³/mol. The second-order valence-corrected chi connectivity index (χ2v) is 3.87. The van der Waals surface area contributed by atoms with E-state index in [1.54, 1.807) is 18.2 Å². The predicted octanol–water partition coefficient (Wildman–Crippen LogP) is 1.78. The summed E-state index contributed by atoms with van der Waals surface area (Å²) in [4.78, 5) is 0.225. The standard InChI is InChI=1S/C10H8O3S/c11-9-3-1-7-2-4-10(14(12)13)6-8(7)5-9/h1-6,11H,(H,12,13)/p-1. The van der Waals surface area contributed by atoms with Crippen molar-refractivity contribution in [3.8, 4) is 5.75 Å². The molecule has 0 aliphatic heterocycles. The summed E-state index contributed by atoms with van der Waals surface area (Å²) in [5.74, 6) is 0.131. The fourth-order valence-corrected chi connectivity index (χ4v) is 1.72. The Balaban J connectivity index is 2.69. The van der Waals surface area contributed by atoms with Gasteiger partial charge < -0.3 is 9.66 Å². The van der Waals surface area contributed by atoms with Crippen LogP contribution >= 0.6 is 0 Å². The van der Waals surface area contributed by atoms with Crippen molar-refractivity contribution < 1.29 is 13.9 Å². The third-order valence-corrected chi connectivity index (χ3v) is 2.63. The number of aromatic hydroxyl groups is 1.